The minimum Gasteiger partial charge on any atom is -0.331 e. The third kappa shape index (κ3) is 2.87. The van der Waals surface area contributed by atoms with Crippen LogP contribution in [0.5, 0.6) is 0 Å². The van der Waals surface area contributed by atoms with Gasteiger partial charge in [0.25, 0.3) is 0 Å². The number of benzene rings is 2. The lowest BCUT2D eigenvalue weighted by atomic mass is 10.1. The second kappa shape index (κ2) is 7.17. The molecule has 168 valence electrons. The van der Waals surface area contributed by atoms with E-state index in [0.717, 1.165) is 50.4 Å². The number of aromatic amines is 1. The van der Waals surface area contributed by atoms with Gasteiger partial charge in [0.15, 0.2) is 5.82 Å². The molecule has 0 atom stereocenters. The van der Waals surface area contributed by atoms with Crippen LogP contribution < -0.4 is 11.2 Å². The van der Waals surface area contributed by atoms with E-state index in [2.05, 4.69) is 14.5 Å². The van der Waals surface area contributed by atoms with Gasteiger partial charge in [-0.2, -0.15) is 0 Å². The lowest BCUT2D eigenvalue weighted by Crippen LogP contribution is -2.19. The summed E-state index contributed by atoms with van der Waals surface area (Å²) in [6.07, 6.45) is 5.16. The van der Waals surface area contributed by atoms with Crippen molar-refractivity contribution in [2.75, 3.05) is 0 Å². The summed E-state index contributed by atoms with van der Waals surface area (Å²) in [4.78, 5) is 36.2. The molecule has 2 aromatic carbocycles. The summed E-state index contributed by atoms with van der Waals surface area (Å²) in [6.45, 7) is 0. The molecule has 0 radical (unpaired) electrons. The van der Waals surface area contributed by atoms with Crippen molar-refractivity contribution in [1.29, 1.82) is 0 Å². The largest absolute Gasteiger partial charge is 0.331 e. The molecule has 0 saturated carbocycles. The van der Waals surface area contributed by atoms with E-state index >= 15 is 0 Å². The molecule has 0 saturated heterocycles. The maximum absolute atomic E-state index is 12.5. The van der Waals surface area contributed by atoms with Gasteiger partial charge in [0, 0.05) is 39.1 Å². The molecule has 0 unspecified atom stereocenters. The quantitative estimate of drug-likeness (QED) is 0.448. The normalized spacial score (nSPS) is 11.6. The maximum atomic E-state index is 12.5. The summed E-state index contributed by atoms with van der Waals surface area (Å²) < 4.78 is 7.28. The van der Waals surface area contributed by atoms with Gasteiger partial charge in [0.1, 0.15) is 5.69 Å². The van der Waals surface area contributed by atoms with Crippen molar-refractivity contribution in [2.45, 2.75) is 0 Å². The molecule has 0 bridgehead atoms. The fourth-order valence-electron chi connectivity index (χ4n) is 4.52. The number of pyridine rings is 1. The van der Waals surface area contributed by atoms with Crippen LogP contribution in [0.15, 0.2) is 76.8 Å². The Hall–Kier alpha value is -4.66. The molecule has 0 amide bonds. The number of hydrogen-bond acceptors (Lipinski definition) is 4. The van der Waals surface area contributed by atoms with Crippen LogP contribution in [0.25, 0.3) is 50.4 Å². The summed E-state index contributed by atoms with van der Waals surface area (Å²) in [5.74, 6) is 0.735. The second-order valence-corrected chi connectivity index (χ2v) is 8.38. The first-order valence-electron chi connectivity index (χ1n) is 10.8. The van der Waals surface area contributed by atoms with Crippen molar-refractivity contribution in [1.82, 2.24) is 33.2 Å². The molecule has 0 fully saturated rings. The summed E-state index contributed by atoms with van der Waals surface area (Å²) >= 11 is 0. The highest BCUT2D eigenvalue weighted by atomic mass is 16.1. The molecule has 34 heavy (non-hydrogen) atoms. The smallest absolute Gasteiger partial charge is 0.328 e. The molecule has 6 aromatic rings. The van der Waals surface area contributed by atoms with Crippen LogP contribution in [-0.2, 0) is 21.1 Å². The summed E-state index contributed by atoms with van der Waals surface area (Å²) in [5, 5.41) is 0. The number of nitrogens with one attached hydrogen (secondary N) is 1. The van der Waals surface area contributed by atoms with E-state index in [1.54, 1.807) is 48.0 Å². The van der Waals surface area contributed by atoms with Crippen LogP contribution in [0, 0.1) is 0 Å². The average Bonchev–Trinajstić information content (AvgIpc) is 3.49. The number of imidazole rings is 3. The molecule has 0 aliphatic carbocycles. The summed E-state index contributed by atoms with van der Waals surface area (Å²) in [7, 11) is 5.47. The zero-order valence-electron chi connectivity index (χ0n) is 18.9. The zero-order chi connectivity index (χ0) is 23.6. The van der Waals surface area contributed by atoms with E-state index in [1.165, 1.54) is 0 Å². The van der Waals surface area contributed by atoms with Crippen LogP contribution in [0.1, 0.15) is 0 Å². The third-order valence-corrected chi connectivity index (χ3v) is 6.32. The van der Waals surface area contributed by atoms with Crippen molar-refractivity contribution < 1.29 is 0 Å². The minimum atomic E-state index is -0.152. The Bertz CT molecular complexity index is 1850. The van der Waals surface area contributed by atoms with Crippen LogP contribution in [-0.4, -0.2) is 33.2 Å². The van der Waals surface area contributed by atoms with Crippen molar-refractivity contribution in [2.24, 2.45) is 21.1 Å². The lowest BCUT2D eigenvalue weighted by molar-refractivity contribution is 0.795. The molecule has 1 N–H and O–H groups in total. The molecule has 4 aromatic heterocycles. The van der Waals surface area contributed by atoms with E-state index in [-0.39, 0.29) is 11.2 Å². The van der Waals surface area contributed by atoms with Gasteiger partial charge in [-0.05, 0) is 47.5 Å². The number of H-pyrrole nitrogens is 1. The minimum absolute atomic E-state index is 0.0722. The Morgan fingerprint density at radius 1 is 0.824 bits per heavy atom. The first kappa shape index (κ1) is 20.0. The summed E-state index contributed by atoms with van der Waals surface area (Å²) in [6, 6.07) is 15.4. The Kier molecular flexibility index (Phi) is 4.22. The van der Waals surface area contributed by atoms with Crippen LogP contribution in [0.3, 0.4) is 0 Å². The fraction of sp³-hybridized carbons (Fsp3) is 0.120. The van der Waals surface area contributed by atoms with Crippen molar-refractivity contribution in [3.8, 4) is 28.3 Å². The van der Waals surface area contributed by atoms with Gasteiger partial charge >= 0.3 is 5.69 Å². The first-order chi connectivity index (χ1) is 16.4. The predicted octanol–water partition coefficient (Wildman–Crippen LogP) is 2.97. The van der Waals surface area contributed by atoms with Gasteiger partial charge < -0.3 is 9.55 Å². The van der Waals surface area contributed by atoms with Crippen LogP contribution >= 0.6 is 0 Å². The van der Waals surface area contributed by atoms with E-state index < -0.39 is 0 Å². The number of fused-ring (bicyclic) bond motifs is 2. The molecule has 0 aliphatic heterocycles. The van der Waals surface area contributed by atoms with Crippen molar-refractivity contribution >= 4 is 22.1 Å². The Labute approximate surface area is 193 Å². The van der Waals surface area contributed by atoms with Gasteiger partial charge in [0.05, 0.1) is 34.6 Å². The highest BCUT2D eigenvalue weighted by Gasteiger charge is 2.19. The van der Waals surface area contributed by atoms with Gasteiger partial charge in [-0.1, -0.05) is 6.07 Å². The van der Waals surface area contributed by atoms with E-state index in [1.807, 2.05) is 54.1 Å². The molecular weight excluding hydrogens is 430 g/mol. The van der Waals surface area contributed by atoms with E-state index in [0.29, 0.717) is 0 Å². The Morgan fingerprint density at radius 2 is 1.59 bits per heavy atom. The number of aryl methyl sites for hydroxylation is 3. The topological polar surface area (TPSA) is 95.4 Å². The van der Waals surface area contributed by atoms with Crippen molar-refractivity contribution in [3.05, 3.63) is 88.1 Å². The SMILES string of the molecule is Cn1cncc1-c1nc2cc(-c3cc[nH]c(=O)c3)ccc2n1-c1ccc2c(c1)n(C)c(=O)n2C. The van der Waals surface area contributed by atoms with E-state index in [4.69, 9.17) is 4.98 Å². The second-order valence-electron chi connectivity index (χ2n) is 8.38. The molecule has 0 aliphatic rings. The third-order valence-electron chi connectivity index (χ3n) is 6.32. The van der Waals surface area contributed by atoms with Crippen LogP contribution in [0.2, 0.25) is 0 Å². The zero-order valence-corrected chi connectivity index (χ0v) is 18.9. The highest BCUT2D eigenvalue weighted by Crippen LogP contribution is 2.32. The van der Waals surface area contributed by atoms with Crippen molar-refractivity contribution in [3.63, 3.8) is 0 Å². The van der Waals surface area contributed by atoms with Gasteiger partial charge in [-0.15, -0.1) is 0 Å². The highest BCUT2D eigenvalue weighted by molar-refractivity contribution is 5.88. The van der Waals surface area contributed by atoms with E-state index in [9.17, 15) is 9.59 Å². The number of rotatable bonds is 3. The molecule has 4 heterocycles. The number of hydrogen-bond donors (Lipinski definition) is 1. The van der Waals surface area contributed by atoms with Gasteiger partial charge in [-0.25, -0.2) is 14.8 Å². The molecule has 9 nitrogen and oxygen atoms in total. The first-order valence-corrected chi connectivity index (χ1v) is 10.8. The van der Waals surface area contributed by atoms with Crippen LogP contribution in [0.4, 0.5) is 0 Å². The number of aromatic nitrogens is 7. The van der Waals surface area contributed by atoms with Gasteiger partial charge in [-0.3, -0.25) is 18.5 Å². The molecule has 9 heteroatoms. The molecule has 6 rings (SSSR count). The fourth-order valence-corrected chi connectivity index (χ4v) is 4.52. The summed E-state index contributed by atoms with van der Waals surface area (Å²) in [5.41, 5.74) is 6.64. The lowest BCUT2D eigenvalue weighted by Gasteiger charge is -2.11. The average molecular weight is 451 g/mol. The Morgan fingerprint density at radius 3 is 2.35 bits per heavy atom. The Balaban J connectivity index is 1.64. The van der Waals surface area contributed by atoms with Gasteiger partial charge in [0.2, 0.25) is 5.56 Å². The standard InChI is InChI=1S/C25H21N7O2/c1-29-14-26-13-22(29)24-28-18-10-15(16-8-9-27-23(33)11-16)4-6-19(18)32(24)17-5-7-20-21(12-17)31(3)25(34)30(20)2/h4-14H,1-3H3,(H,27,33). The monoisotopic (exact) mass is 451 g/mol. The molecular formula is C25H21N7O2. The molecule has 0 spiro atoms. The maximum Gasteiger partial charge on any atom is 0.328 e. The number of nitrogens with zero attached hydrogens (tertiary/aromatic N) is 6. The predicted molar refractivity (Wildman–Crippen MR) is 131 cm³/mol.